The Labute approximate surface area is 127 Å². The Morgan fingerprint density at radius 1 is 0.857 bits per heavy atom. The average molecular weight is 281 g/mol. The van der Waals surface area contributed by atoms with Gasteiger partial charge in [0.25, 0.3) is 0 Å². The first-order chi connectivity index (χ1) is 10.3. The lowest BCUT2D eigenvalue weighted by Gasteiger charge is -2.27. The molecular formula is C18H23N3. The van der Waals surface area contributed by atoms with Crippen LogP contribution in [-0.2, 0) is 0 Å². The summed E-state index contributed by atoms with van der Waals surface area (Å²) in [5.74, 6) is 0. The maximum Gasteiger partial charge on any atom is 0.0904 e. The fraction of sp³-hybridized carbons (Fsp3) is 0.333. The fourth-order valence-electron chi connectivity index (χ4n) is 2.51. The number of hydrogen-bond acceptors (Lipinski definition) is 3. The highest BCUT2D eigenvalue weighted by molar-refractivity contribution is 5.48. The van der Waals surface area contributed by atoms with Gasteiger partial charge in [0.1, 0.15) is 0 Å². The summed E-state index contributed by atoms with van der Waals surface area (Å²) in [6.07, 6.45) is 0. The third kappa shape index (κ3) is 3.99. The van der Waals surface area contributed by atoms with E-state index < -0.39 is 0 Å². The molecule has 0 aliphatic carbocycles. The molecule has 0 bridgehead atoms. The average Bonchev–Trinajstić information content (AvgIpc) is 2.55. The van der Waals surface area contributed by atoms with Gasteiger partial charge in [-0.3, -0.25) is 4.90 Å². The van der Waals surface area contributed by atoms with E-state index in [0.29, 0.717) is 6.04 Å². The third-order valence-electron chi connectivity index (χ3n) is 3.78. The van der Waals surface area contributed by atoms with E-state index in [4.69, 9.17) is 0 Å². The minimum absolute atomic E-state index is 0.339. The zero-order valence-corrected chi connectivity index (χ0v) is 13.0. The van der Waals surface area contributed by atoms with Crippen LogP contribution in [0.3, 0.4) is 0 Å². The summed E-state index contributed by atoms with van der Waals surface area (Å²) in [4.78, 5) is 2.41. The standard InChI is InChI=1S/C18H23N3/c1-4-21(5-2)15(3)17-13-9-10-14-18(17)20-19-16-11-7-6-8-12-16/h6-15H,4-5H2,1-3H3. The van der Waals surface area contributed by atoms with Gasteiger partial charge in [-0.15, -0.1) is 0 Å². The van der Waals surface area contributed by atoms with Crippen LogP contribution in [-0.4, -0.2) is 18.0 Å². The van der Waals surface area contributed by atoms with E-state index in [-0.39, 0.29) is 0 Å². The zero-order valence-electron chi connectivity index (χ0n) is 13.0. The molecule has 1 unspecified atom stereocenters. The van der Waals surface area contributed by atoms with Gasteiger partial charge in [-0.05, 0) is 43.8 Å². The molecule has 0 fully saturated rings. The first-order valence-corrected chi connectivity index (χ1v) is 7.56. The number of benzene rings is 2. The van der Waals surface area contributed by atoms with Gasteiger partial charge in [0.05, 0.1) is 11.4 Å². The molecule has 21 heavy (non-hydrogen) atoms. The van der Waals surface area contributed by atoms with E-state index in [1.807, 2.05) is 42.5 Å². The van der Waals surface area contributed by atoms with Crippen molar-refractivity contribution in [2.45, 2.75) is 26.8 Å². The van der Waals surface area contributed by atoms with E-state index in [1.165, 1.54) is 5.56 Å². The topological polar surface area (TPSA) is 28.0 Å². The Bertz CT molecular complexity index is 574. The van der Waals surface area contributed by atoms with Crippen molar-refractivity contribution in [3.05, 3.63) is 60.2 Å². The van der Waals surface area contributed by atoms with E-state index in [9.17, 15) is 0 Å². The lowest BCUT2D eigenvalue weighted by molar-refractivity contribution is 0.235. The van der Waals surface area contributed by atoms with E-state index in [2.05, 4.69) is 48.0 Å². The summed E-state index contributed by atoms with van der Waals surface area (Å²) in [6, 6.07) is 18.4. The second-order valence-corrected chi connectivity index (χ2v) is 4.99. The molecule has 2 rings (SSSR count). The number of hydrogen-bond donors (Lipinski definition) is 0. The van der Waals surface area contributed by atoms with Crippen LogP contribution in [0.1, 0.15) is 32.4 Å². The van der Waals surface area contributed by atoms with Crippen molar-refractivity contribution < 1.29 is 0 Å². The monoisotopic (exact) mass is 281 g/mol. The summed E-state index contributed by atoms with van der Waals surface area (Å²) in [5.41, 5.74) is 3.05. The highest BCUT2D eigenvalue weighted by atomic mass is 15.2. The molecule has 2 aromatic rings. The SMILES string of the molecule is CCN(CC)C(C)c1ccccc1N=Nc1ccccc1. The van der Waals surface area contributed by atoms with Crippen LogP contribution in [0.2, 0.25) is 0 Å². The summed E-state index contributed by atoms with van der Waals surface area (Å²) in [6.45, 7) is 8.66. The molecule has 0 heterocycles. The molecule has 0 radical (unpaired) electrons. The highest BCUT2D eigenvalue weighted by Crippen LogP contribution is 2.30. The molecule has 1 atom stereocenters. The molecular weight excluding hydrogens is 258 g/mol. The molecule has 0 aromatic heterocycles. The first kappa shape index (κ1) is 15.4. The van der Waals surface area contributed by atoms with Crippen molar-refractivity contribution in [2.24, 2.45) is 10.2 Å². The maximum atomic E-state index is 4.45. The van der Waals surface area contributed by atoms with Crippen LogP contribution in [0.5, 0.6) is 0 Å². The molecule has 0 saturated carbocycles. The van der Waals surface area contributed by atoms with Gasteiger partial charge in [0, 0.05) is 6.04 Å². The maximum absolute atomic E-state index is 4.45. The predicted octanol–water partition coefficient (Wildman–Crippen LogP) is 5.50. The van der Waals surface area contributed by atoms with Crippen LogP contribution in [0.25, 0.3) is 0 Å². The van der Waals surface area contributed by atoms with Crippen molar-refractivity contribution >= 4 is 11.4 Å². The molecule has 0 N–H and O–H groups in total. The van der Waals surface area contributed by atoms with Gasteiger partial charge in [-0.25, -0.2) is 0 Å². The molecule has 2 aromatic carbocycles. The zero-order chi connectivity index (χ0) is 15.1. The fourth-order valence-corrected chi connectivity index (χ4v) is 2.51. The minimum atomic E-state index is 0.339. The van der Waals surface area contributed by atoms with Gasteiger partial charge in [0.2, 0.25) is 0 Å². The van der Waals surface area contributed by atoms with Crippen LogP contribution in [0.4, 0.5) is 11.4 Å². The highest BCUT2D eigenvalue weighted by Gasteiger charge is 2.15. The van der Waals surface area contributed by atoms with Crippen LogP contribution < -0.4 is 0 Å². The van der Waals surface area contributed by atoms with E-state index in [0.717, 1.165) is 24.5 Å². The molecule has 110 valence electrons. The summed E-state index contributed by atoms with van der Waals surface area (Å²) < 4.78 is 0. The molecule has 0 aliphatic rings. The largest absolute Gasteiger partial charge is 0.297 e. The number of nitrogens with zero attached hydrogens (tertiary/aromatic N) is 3. The molecule has 0 amide bonds. The molecule has 3 nitrogen and oxygen atoms in total. The van der Waals surface area contributed by atoms with E-state index >= 15 is 0 Å². The van der Waals surface area contributed by atoms with Crippen molar-refractivity contribution in [3.63, 3.8) is 0 Å². The van der Waals surface area contributed by atoms with Crippen molar-refractivity contribution in [3.8, 4) is 0 Å². The van der Waals surface area contributed by atoms with Gasteiger partial charge in [-0.1, -0.05) is 50.2 Å². The van der Waals surface area contributed by atoms with Gasteiger partial charge in [0.15, 0.2) is 0 Å². The quantitative estimate of drug-likeness (QED) is 0.642. The Hall–Kier alpha value is -2.00. The second kappa shape index (κ2) is 7.70. The van der Waals surface area contributed by atoms with Crippen LogP contribution in [0.15, 0.2) is 64.8 Å². The first-order valence-electron chi connectivity index (χ1n) is 7.56. The summed E-state index contributed by atoms with van der Waals surface area (Å²) in [7, 11) is 0. The van der Waals surface area contributed by atoms with Gasteiger partial charge < -0.3 is 0 Å². The molecule has 0 saturated heterocycles. The molecule has 0 spiro atoms. The minimum Gasteiger partial charge on any atom is -0.297 e. The smallest absolute Gasteiger partial charge is 0.0904 e. The normalized spacial score (nSPS) is 13.0. The lowest BCUT2D eigenvalue weighted by Crippen LogP contribution is -2.26. The molecule has 0 aliphatic heterocycles. The lowest BCUT2D eigenvalue weighted by atomic mass is 10.0. The summed E-state index contributed by atoms with van der Waals surface area (Å²) in [5, 5.41) is 8.78. The van der Waals surface area contributed by atoms with Crippen molar-refractivity contribution in [1.82, 2.24) is 4.90 Å². The Balaban J connectivity index is 2.27. The van der Waals surface area contributed by atoms with Crippen LogP contribution >= 0.6 is 0 Å². The van der Waals surface area contributed by atoms with E-state index in [1.54, 1.807) is 0 Å². The molecule has 3 heteroatoms. The Kier molecular flexibility index (Phi) is 5.64. The van der Waals surface area contributed by atoms with Gasteiger partial charge in [-0.2, -0.15) is 10.2 Å². The Morgan fingerprint density at radius 3 is 2.14 bits per heavy atom. The van der Waals surface area contributed by atoms with Gasteiger partial charge >= 0.3 is 0 Å². The third-order valence-corrected chi connectivity index (χ3v) is 3.78. The van der Waals surface area contributed by atoms with Crippen LogP contribution in [0, 0.1) is 0 Å². The number of rotatable bonds is 6. The van der Waals surface area contributed by atoms with Crippen molar-refractivity contribution in [1.29, 1.82) is 0 Å². The predicted molar refractivity (Wildman–Crippen MR) is 88.4 cm³/mol. The van der Waals surface area contributed by atoms with Crippen molar-refractivity contribution in [2.75, 3.05) is 13.1 Å². The number of azo groups is 1. The second-order valence-electron chi connectivity index (χ2n) is 4.99. The Morgan fingerprint density at radius 2 is 1.48 bits per heavy atom. The summed E-state index contributed by atoms with van der Waals surface area (Å²) >= 11 is 0.